The summed E-state index contributed by atoms with van der Waals surface area (Å²) in [7, 11) is 6.10. The van der Waals surface area contributed by atoms with Gasteiger partial charge in [0.25, 0.3) is 11.8 Å². The van der Waals surface area contributed by atoms with Crippen LogP contribution >= 0.6 is 0 Å². The first-order chi connectivity index (χ1) is 33.9. The maximum absolute atomic E-state index is 11.0. The van der Waals surface area contributed by atoms with Gasteiger partial charge in [0.1, 0.15) is 17.2 Å². The quantitative estimate of drug-likeness (QED) is 0.0385. The number of aromatic nitrogens is 4. The van der Waals surface area contributed by atoms with Gasteiger partial charge in [-0.1, -0.05) is 57.4 Å². The van der Waals surface area contributed by atoms with E-state index in [1.165, 1.54) is 31.4 Å². The van der Waals surface area contributed by atoms with E-state index in [9.17, 15) is 9.59 Å². The fourth-order valence-corrected chi connectivity index (χ4v) is 5.47. The van der Waals surface area contributed by atoms with E-state index in [-0.39, 0.29) is 29.3 Å². The summed E-state index contributed by atoms with van der Waals surface area (Å²) in [5.41, 5.74) is 11.1. The molecule has 0 unspecified atom stereocenters. The van der Waals surface area contributed by atoms with E-state index in [1.54, 1.807) is 45.6 Å². The van der Waals surface area contributed by atoms with Crippen LogP contribution in [-0.4, -0.2) is 89.1 Å². The molecule has 0 spiro atoms. The second kappa shape index (κ2) is 29.5. The number of carbonyl (C=O) groups is 2. The van der Waals surface area contributed by atoms with Crippen molar-refractivity contribution >= 4 is 30.1 Å². The van der Waals surface area contributed by atoms with Crippen molar-refractivity contribution in [3.05, 3.63) is 174 Å². The van der Waals surface area contributed by atoms with Crippen LogP contribution in [0.2, 0.25) is 0 Å². The first-order valence-electron chi connectivity index (χ1n) is 20.0. The zero-order valence-electron chi connectivity index (χ0n) is 38.0. The zero-order valence-corrected chi connectivity index (χ0v) is 38.0. The highest BCUT2D eigenvalue weighted by Gasteiger charge is 2.12. The number of oxime groups is 1. The van der Waals surface area contributed by atoms with Gasteiger partial charge in [0, 0.05) is 27.8 Å². The van der Waals surface area contributed by atoms with Crippen LogP contribution in [0.5, 0.6) is 17.2 Å². The number of rotatable bonds is 10. The van der Waals surface area contributed by atoms with Gasteiger partial charge in [-0.15, -0.1) is 0 Å². The Kier molecular flexibility index (Phi) is 22.9. The third kappa shape index (κ3) is 17.4. The lowest BCUT2D eigenvalue weighted by atomic mass is 10.1. The number of carbonyl (C=O) groups excluding carboxylic acids is 5. The van der Waals surface area contributed by atoms with Crippen molar-refractivity contribution in [3.63, 3.8) is 0 Å². The van der Waals surface area contributed by atoms with Crippen molar-refractivity contribution in [2.75, 3.05) is 28.4 Å². The first-order valence-corrected chi connectivity index (χ1v) is 20.0. The number of nitrogens with two attached hydrogens (primary N) is 1. The van der Waals surface area contributed by atoms with Gasteiger partial charge >= 0.3 is 24.2 Å². The molecule has 0 aliphatic rings. The van der Waals surface area contributed by atoms with Gasteiger partial charge in [0.05, 0.1) is 39.6 Å². The second-order valence-corrected chi connectivity index (χ2v) is 13.3. The maximum Gasteiger partial charge on any atom is 0.373 e. The molecule has 0 aliphatic heterocycles. The summed E-state index contributed by atoms with van der Waals surface area (Å²) in [5, 5.41) is 27.8. The van der Waals surface area contributed by atoms with E-state index in [0.29, 0.717) is 29.0 Å². The number of ether oxygens (including phenoxy) is 4. The summed E-state index contributed by atoms with van der Waals surface area (Å²) < 4.78 is 30.2. The van der Waals surface area contributed by atoms with Crippen molar-refractivity contribution < 1.29 is 67.1 Å². The lowest BCUT2D eigenvalue weighted by Crippen LogP contribution is -2.12. The van der Waals surface area contributed by atoms with Crippen molar-refractivity contribution in [2.45, 2.75) is 6.92 Å². The first kappa shape index (κ1) is 54.3. The largest absolute Gasteiger partial charge is 0.497 e. The minimum Gasteiger partial charge on any atom is -0.497 e. The molecule has 2 heterocycles. The van der Waals surface area contributed by atoms with E-state index in [0.717, 1.165) is 45.1 Å². The SMILES string of the molecule is COC(=O)c1cccc(C(=O)O)c1.COc1ccc(-c2noc(-c3cccc(C)c3)n2)cc1.COc1ccc(-c2noc(-c3ccccc3)n2)cc1.COc1ccc(/C(N)=N/O)cc1.O=C=O.O=C=O. The molecule has 0 radical (unpaired) electrons. The van der Waals surface area contributed by atoms with E-state index in [2.05, 4.69) is 30.2 Å². The number of nitrogens with zero attached hydrogens (tertiary/aromatic N) is 5. The molecular formula is C50H44N6O14. The molecule has 6 aromatic carbocycles. The highest BCUT2D eigenvalue weighted by atomic mass is 16.5. The van der Waals surface area contributed by atoms with Crippen molar-refractivity contribution in [3.8, 4) is 62.9 Å². The number of carboxylic acids is 1. The lowest BCUT2D eigenvalue weighted by Gasteiger charge is -2.00. The molecule has 2 aromatic heterocycles. The number of methoxy groups -OCH3 is 4. The van der Waals surface area contributed by atoms with Gasteiger partial charge in [-0.2, -0.15) is 29.1 Å². The number of hydrogen-bond donors (Lipinski definition) is 3. The number of esters is 1. The molecule has 0 saturated heterocycles. The fraction of sp³-hybridized carbons (Fsp3) is 0.100. The number of amidine groups is 1. The van der Waals surface area contributed by atoms with E-state index >= 15 is 0 Å². The minimum atomic E-state index is -1.06. The Morgan fingerprint density at radius 2 is 0.971 bits per heavy atom. The standard InChI is InChI=1S/C16H14N2O2.C15H12N2O2.C9H8O4.C8H10N2O2.2CO2/c1-11-4-3-5-13(10-11)16-17-15(18-20-16)12-6-8-14(19-2)9-7-12;1-18-13-9-7-11(8-10-13)14-16-15(19-17-14)12-5-3-2-4-6-12;1-13-9(12)7-4-2-3-6(5-7)8(10)11;1-12-7-4-2-6(3-5-7)8(9)10-11;2*2-1-3/h3-10H,1-2H3;2-10H,1H3;2-5H,1H3,(H,10,11);2-5,11H,1H3,(H2,9,10);;. The molecule has 8 aromatic rings. The molecule has 0 bridgehead atoms. The van der Waals surface area contributed by atoms with Crippen molar-refractivity contribution in [1.82, 2.24) is 20.3 Å². The topological polar surface area (TPSA) is 296 Å². The Labute approximate surface area is 399 Å². The van der Waals surface area contributed by atoms with Gasteiger partial charge in [-0.3, -0.25) is 0 Å². The summed E-state index contributed by atoms with van der Waals surface area (Å²) >= 11 is 0. The minimum absolute atomic E-state index is 0.0721. The Hall–Kier alpha value is -10.0. The van der Waals surface area contributed by atoms with E-state index in [4.69, 9.17) is 58.5 Å². The highest BCUT2D eigenvalue weighted by molar-refractivity contribution is 5.97. The Bertz CT molecular complexity index is 2930. The van der Waals surface area contributed by atoms with Gasteiger partial charge in [0.15, 0.2) is 5.84 Å². The molecule has 70 heavy (non-hydrogen) atoms. The van der Waals surface area contributed by atoms with Crippen molar-refractivity contribution in [2.24, 2.45) is 10.9 Å². The van der Waals surface area contributed by atoms with Crippen LogP contribution in [0.25, 0.3) is 45.7 Å². The van der Waals surface area contributed by atoms with Crippen LogP contribution in [0, 0.1) is 6.92 Å². The molecule has 358 valence electrons. The maximum atomic E-state index is 11.0. The Morgan fingerprint density at radius 1 is 0.543 bits per heavy atom. The summed E-state index contributed by atoms with van der Waals surface area (Å²) in [4.78, 5) is 62.8. The molecule has 0 fully saturated rings. The molecule has 4 N–H and O–H groups in total. The summed E-state index contributed by atoms with van der Waals surface area (Å²) in [5.74, 6) is 3.03. The second-order valence-electron chi connectivity index (χ2n) is 13.3. The van der Waals surface area contributed by atoms with Crippen molar-refractivity contribution in [1.29, 1.82) is 0 Å². The molecule has 0 aliphatic carbocycles. The average Bonchev–Trinajstić information content (AvgIpc) is 4.12. The number of carboxylic acid groups (broad SMARTS) is 1. The normalized spacial score (nSPS) is 9.70. The van der Waals surface area contributed by atoms with Crippen LogP contribution in [0.15, 0.2) is 166 Å². The molecular weight excluding hydrogens is 909 g/mol. The van der Waals surface area contributed by atoms with Gasteiger partial charge in [0.2, 0.25) is 11.6 Å². The smallest absolute Gasteiger partial charge is 0.373 e. The predicted molar refractivity (Wildman–Crippen MR) is 248 cm³/mol. The van der Waals surface area contributed by atoms with Crippen LogP contribution < -0.4 is 19.9 Å². The fourth-order valence-electron chi connectivity index (χ4n) is 5.47. The molecule has 0 saturated carbocycles. The number of benzene rings is 6. The Morgan fingerprint density at radius 3 is 1.40 bits per heavy atom. The van der Waals surface area contributed by atoms with Crippen LogP contribution in [0.3, 0.4) is 0 Å². The number of hydrogen-bond acceptors (Lipinski definition) is 18. The van der Waals surface area contributed by atoms with Gasteiger partial charge in [-0.05, 0) is 122 Å². The third-order valence-electron chi connectivity index (χ3n) is 8.86. The third-order valence-corrected chi connectivity index (χ3v) is 8.86. The molecule has 8 rings (SSSR count). The van der Waals surface area contributed by atoms with Crippen LogP contribution in [-0.2, 0) is 23.9 Å². The van der Waals surface area contributed by atoms with E-state index < -0.39 is 11.9 Å². The van der Waals surface area contributed by atoms with Gasteiger partial charge in [-0.25, -0.2) is 9.59 Å². The predicted octanol–water partition coefficient (Wildman–Crippen LogP) is 7.93. The number of aryl methyl sites for hydroxylation is 1. The lowest BCUT2D eigenvalue weighted by molar-refractivity contribution is -0.193. The summed E-state index contributed by atoms with van der Waals surface area (Å²) in [6.07, 6.45) is 0.500. The monoisotopic (exact) mass is 952 g/mol. The average molecular weight is 953 g/mol. The Balaban J connectivity index is 0.000000242. The van der Waals surface area contributed by atoms with Crippen LogP contribution in [0.4, 0.5) is 0 Å². The van der Waals surface area contributed by atoms with Crippen LogP contribution in [0.1, 0.15) is 31.8 Å². The summed E-state index contributed by atoms with van der Waals surface area (Å²) in [6.45, 7) is 2.03. The van der Waals surface area contributed by atoms with Gasteiger partial charge < -0.3 is 44.0 Å². The summed E-state index contributed by atoms with van der Waals surface area (Å²) in [6, 6.07) is 45.4. The van der Waals surface area contributed by atoms with E-state index in [1.807, 2.05) is 110 Å². The molecule has 20 heteroatoms. The highest BCUT2D eigenvalue weighted by Crippen LogP contribution is 2.25. The molecule has 20 nitrogen and oxygen atoms in total. The molecule has 0 atom stereocenters. The number of aromatic carboxylic acids is 1. The molecule has 0 amide bonds. The zero-order chi connectivity index (χ0) is 51.3.